The molecule has 1 atom stereocenters. The van der Waals surface area contributed by atoms with Crippen molar-refractivity contribution >= 4 is 29.2 Å². The maximum atomic E-state index is 12.7. The molecule has 0 aliphatic carbocycles. The first-order chi connectivity index (χ1) is 11.9. The lowest BCUT2D eigenvalue weighted by Gasteiger charge is -2.21. The zero-order valence-electron chi connectivity index (χ0n) is 14.6. The van der Waals surface area contributed by atoms with Crippen molar-refractivity contribution in [2.75, 3.05) is 11.9 Å². The Hall–Kier alpha value is -2.33. The van der Waals surface area contributed by atoms with Crippen LogP contribution in [0.2, 0.25) is 5.02 Å². The number of hydrogen-bond acceptors (Lipinski definition) is 3. The second-order valence-corrected chi connectivity index (χ2v) is 6.50. The van der Waals surface area contributed by atoms with Gasteiger partial charge in [-0.3, -0.25) is 4.79 Å². The molecule has 0 spiro atoms. The van der Waals surface area contributed by atoms with Crippen molar-refractivity contribution < 1.29 is 14.3 Å². The van der Waals surface area contributed by atoms with E-state index in [1.807, 2.05) is 26.0 Å². The van der Waals surface area contributed by atoms with Gasteiger partial charge in [-0.2, -0.15) is 0 Å². The molecule has 132 valence electrons. The highest BCUT2D eigenvalue weighted by atomic mass is 35.5. The molecule has 0 aliphatic rings. The molecule has 1 amide bonds. The molecule has 5 heteroatoms. The normalized spacial score (nSPS) is 11.9. The number of benzene rings is 2. The molecule has 2 rings (SSSR count). The van der Waals surface area contributed by atoms with E-state index in [9.17, 15) is 9.59 Å². The molecule has 1 N–H and O–H groups in total. The average molecular weight is 360 g/mol. The highest BCUT2D eigenvalue weighted by Gasteiger charge is 2.24. The predicted molar refractivity (Wildman–Crippen MR) is 100 cm³/mol. The van der Waals surface area contributed by atoms with Gasteiger partial charge in [0.2, 0.25) is 5.91 Å². The SMILES string of the molecule is CCOC(=O)c1ccc(NC(=O)[C@@H](c2ccc(Cl)cc2)C(C)C)cc1. The number of amides is 1. The smallest absolute Gasteiger partial charge is 0.338 e. The molecular weight excluding hydrogens is 338 g/mol. The highest BCUT2D eigenvalue weighted by molar-refractivity contribution is 6.30. The Bertz CT molecular complexity index is 724. The number of rotatable bonds is 6. The molecule has 25 heavy (non-hydrogen) atoms. The van der Waals surface area contributed by atoms with Crippen molar-refractivity contribution in [3.8, 4) is 0 Å². The quantitative estimate of drug-likeness (QED) is 0.746. The van der Waals surface area contributed by atoms with Gasteiger partial charge in [-0.05, 0) is 54.8 Å². The van der Waals surface area contributed by atoms with Crippen LogP contribution in [0.5, 0.6) is 0 Å². The number of ether oxygens (including phenoxy) is 1. The lowest BCUT2D eigenvalue weighted by molar-refractivity contribution is -0.118. The third kappa shape index (κ3) is 5.07. The van der Waals surface area contributed by atoms with E-state index in [0.717, 1.165) is 5.56 Å². The second-order valence-electron chi connectivity index (χ2n) is 6.06. The molecule has 0 radical (unpaired) electrons. The van der Waals surface area contributed by atoms with Crippen LogP contribution in [0.15, 0.2) is 48.5 Å². The van der Waals surface area contributed by atoms with Crippen LogP contribution in [0.1, 0.15) is 42.6 Å². The van der Waals surface area contributed by atoms with Gasteiger partial charge < -0.3 is 10.1 Å². The molecular formula is C20H22ClNO3. The van der Waals surface area contributed by atoms with Gasteiger partial charge in [-0.25, -0.2) is 4.79 Å². The summed E-state index contributed by atoms with van der Waals surface area (Å²) in [5.74, 6) is -0.634. The van der Waals surface area contributed by atoms with Crippen LogP contribution in [0.3, 0.4) is 0 Å². The summed E-state index contributed by atoms with van der Waals surface area (Å²) in [6.45, 7) is 6.09. The van der Waals surface area contributed by atoms with Crippen LogP contribution < -0.4 is 5.32 Å². The fraction of sp³-hybridized carbons (Fsp3) is 0.300. The minimum atomic E-state index is -0.374. The van der Waals surface area contributed by atoms with Crippen LogP contribution in [0, 0.1) is 5.92 Å². The van der Waals surface area contributed by atoms with Crippen LogP contribution in [0.4, 0.5) is 5.69 Å². The largest absolute Gasteiger partial charge is 0.462 e. The lowest BCUT2D eigenvalue weighted by atomic mass is 9.87. The molecule has 0 unspecified atom stereocenters. The Morgan fingerprint density at radius 1 is 1.04 bits per heavy atom. The maximum Gasteiger partial charge on any atom is 0.338 e. The Kier molecular flexibility index (Phi) is 6.59. The minimum absolute atomic E-state index is 0.0961. The van der Waals surface area contributed by atoms with Crippen molar-refractivity contribution in [1.29, 1.82) is 0 Å². The summed E-state index contributed by atoms with van der Waals surface area (Å²) in [6, 6.07) is 14.0. The van der Waals surface area contributed by atoms with Crippen LogP contribution in [0.25, 0.3) is 0 Å². The van der Waals surface area contributed by atoms with Gasteiger partial charge in [-0.15, -0.1) is 0 Å². The maximum absolute atomic E-state index is 12.7. The summed E-state index contributed by atoms with van der Waals surface area (Å²) >= 11 is 5.93. The molecule has 0 saturated heterocycles. The molecule has 0 heterocycles. The van der Waals surface area contributed by atoms with E-state index in [4.69, 9.17) is 16.3 Å². The first-order valence-electron chi connectivity index (χ1n) is 8.26. The molecule has 0 bridgehead atoms. The summed E-state index contributed by atoms with van der Waals surface area (Å²) in [5.41, 5.74) is 2.01. The highest BCUT2D eigenvalue weighted by Crippen LogP contribution is 2.27. The molecule has 0 aromatic heterocycles. The summed E-state index contributed by atoms with van der Waals surface area (Å²) < 4.78 is 4.95. The Morgan fingerprint density at radius 3 is 2.16 bits per heavy atom. The number of esters is 1. The monoisotopic (exact) mass is 359 g/mol. The predicted octanol–water partition coefficient (Wildman–Crippen LogP) is 4.90. The van der Waals surface area contributed by atoms with E-state index in [1.165, 1.54) is 0 Å². The number of halogens is 1. The number of anilines is 1. The third-order valence-corrected chi connectivity index (χ3v) is 4.09. The van der Waals surface area contributed by atoms with Gasteiger partial charge in [0, 0.05) is 10.7 Å². The molecule has 0 aliphatic heterocycles. The van der Waals surface area contributed by atoms with Crippen molar-refractivity contribution in [3.05, 3.63) is 64.7 Å². The fourth-order valence-corrected chi connectivity index (χ4v) is 2.76. The first kappa shape index (κ1) is 19.0. The van der Waals surface area contributed by atoms with Crippen LogP contribution in [-0.4, -0.2) is 18.5 Å². The summed E-state index contributed by atoms with van der Waals surface area (Å²) in [4.78, 5) is 24.4. The molecule has 2 aromatic rings. The number of hydrogen-bond donors (Lipinski definition) is 1. The zero-order valence-corrected chi connectivity index (χ0v) is 15.3. The summed E-state index contributed by atoms with van der Waals surface area (Å²) in [6.07, 6.45) is 0. The minimum Gasteiger partial charge on any atom is -0.462 e. The van der Waals surface area contributed by atoms with Gasteiger partial charge in [0.05, 0.1) is 18.1 Å². The fourth-order valence-electron chi connectivity index (χ4n) is 2.63. The number of carbonyl (C=O) groups excluding carboxylic acids is 2. The lowest BCUT2D eigenvalue weighted by Crippen LogP contribution is -2.25. The van der Waals surface area contributed by atoms with Crippen molar-refractivity contribution in [3.63, 3.8) is 0 Å². The van der Waals surface area contributed by atoms with E-state index in [1.54, 1.807) is 43.3 Å². The van der Waals surface area contributed by atoms with Crippen molar-refractivity contribution in [1.82, 2.24) is 0 Å². The van der Waals surface area contributed by atoms with Crippen molar-refractivity contribution in [2.45, 2.75) is 26.7 Å². The van der Waals surface area contributed by atoms with Crippen LogP contribution >= 0.6 is 11.6 Å². The topological polar surface area (TPSA) is 55.4 Å². The average Bonchev–Trinajstić information content (AvgIpc) is 2.57. The Labute approximate surface area is 153 Å². The molecule has 2 aromatic carbocycles. The van der Waals surface area contributed by atoms with Gasteiger partial charge in [0.15, 0.2) is 0 Å². The molecule has 0 fully saturated rings. The van der Waals surface area contributed by atoms with E-state index in [2.05, 4.69) is 5.32 Å². The standard InChI is InChI=1S/C20H22ClNO3/c1-4-25-20(24)15-7-11-17(12-8-15)22-19(23)18(13(2)3)14-5-9-16(21)10-6-14/h5-13,18H,4H2,1-3H3,(H,22,23)/t18-/m1/s1. The second kappa shape index (κ2) is 8.67. The molecule has 0 saturated carbocycles. The number of nitrogens with one attached hydrogen (secondary N) is 1. The van der Waals surface area contributed by atoms with Gasteiger partial charge in [-0.1, -0.05) is 37.6 Å². The van der Waals surface area contributed by atoms with Gasteiger partial charge in [0.1, 0.15) is 0 Å². The van der Waals surface area contributed by atoms with E-state index in [0.29, 0.717) is 22.9 Å². The first-order valence-corrected chi connectivity index (χ1v) is 8.63. The summed E-state index contributed by atoms with van der Waals surface area (Å²) in [7, 11) is 0. The van der Waals surface area contributed by atoms with E-state index < -0.39 is 0 Å². The Morgan fingerprint density at radius 2 is 1.64 bits per heavy atom. The van der Waals surface area contributed by atoms with Crippen LogP contribution in [-0.2, 0) is 9.53 Å². The van der Waals surface area contributed by atoms with E-state index >= 15 is 0 Å². The van der Waals surface area contributed by atoms with E-state index in [-0.39, 0.29) is 23.7 Å². The summed E-state index contributed by atoms with van der Waals surface area (Å²) in [5, 5.41) is 3.55. The third-order valence-electron chi connectivity index (χ3n) is 3.84. The van der Waals surface area contributed by atoms with Crippen molar-refractivity contribution in [2.24, 2.45) is 5.92 Å². The number of carbonyl (C=O) groups is 2. The molecule has 4 nitrogen and oxygen atoms in total. The van der Waals surface area contributed by atoms with Gasteiger partial charge in [0.25, 0.3) is 0 Å². The zero-order chi connectivity index (χ0) is 18.4. The Balaban J connectivity index is 2.13. The van der Waals surface area contributed by atoms with Gasteiger partial charge >= 0.3 is 5.97 Å².